The molecule has 0 atom stereocenters. The average Bonchev–Trinajstić information content (AvgIpc) is 2.48. The van der Waals surface area contributed by atoms with Gasteiger partial charge >= 0.3 is 0 Å². The minimum absolute atomic E-state index is 0.0548. The van der Waals surface area contributed by atoms with E-state index in [1.54, 1.807) is 42.5 Å². The van der Waals surface area contributed by atoms with Gasteiger partial charge < -0.3 is 0 Å². The van der Waals surface area contributed by atoms with E-state index in [4.69, 9.17) is 0 Å². The van der Waals surface area contributed by atoms with E-state index in [9.17, 15) is 13.2 Å². The van der Waals surface area contributed by atoms with Crippen LogP contribution < -0.4 is 5.56 Å². The third-order valence-electron chi connectivity index (χ3n) is 2.94. The van der Waals surface area contributed by atoms with Crippen molar-refractivity contribution in [3.63, 3.8) is 0 Å². The van der Waals surface area contributed by atoms with Crippen LogP contribution in [0.4, 0.5) is 0 Å². The Kier molecular flexibility index (Phi) is 2.87. The second-order valence-electron chi connectivity index (χ2n) is 4.18. The highest BCUT2D eigenvalue weighted by molar-refractivity contribution is 7.90. The Balaban J connectivity index is 2.31. The van der Waals surface area contributed by atoms with Crippen LogP contribution >= 0.6 is 0 Å². The molecule has 100 valence electrons. The topological polar surface area (TPSA) is 69.0 Å². The first-order chi connectivity index (χ1) is 9.60. The maximum atomic E-state index is 12.4. The summed E-state index contributed by atoms with van der Waals surface area (Å²) in [7, 11) is -3.92. The van der Waals surface area contributed by atoms with Crippen LogP contribution in [-0.2, 0) is 10.0 Å². The van der Waals surface area contributed by atoms with Gasteiger partial charge in [-0.15, -0.1) is 0 Å². The lowest BCUT2D eigenvalue weighted by molar-refractivity contribution is 0.585. The van der Waals surface area contributed by atoms with Crippen molar-refractivity contribution >= 4 is 20.9 Å². The predicted molar refractivity (Wildman–Crippen MR) is 75.0 cm³/mol. The van der Waals surface area contributed by atoms with Crippen LogP contribution in [0.2, 0.25) is 0 Å². The Morgan fingerprint density at radius 1 is 0.900 bits per heavy atom. The van der Waals surface area contributed by atoms with E-state index < -0.39 is 15.6 Å². The molecule has 1 heterocycles. The number of para-hydroxylation sites is 1. The van der Waals surface area contributed by atoms with Gasteiger partial charge in [0.1, 0.15) is 6.33 Å². The van der Waals surface area contributed by atoms with Crippen molar-refractivity contribution in [1.82, 2.24) is 8.96 Å². The van der Waals surface area contributed by atoms with E-state index >= 15 is 0 Å². The highest BCUT2D eigenvalue weighted by Crippen LogP contribution is 2.12. The summed E-state index contributed by atoms with van der Waals surface area (Å²) < 4.78 is 25.5. The zero-order valence-corrected chi connectivity index (χ0v) is 11.1. The minimum atomic E-state index is -3.92. The summed E-state index contributed by atoms with van der Waals surface area (Å²) >= 11 is 0. The monoisotopic (exact) mass is 286 g/mol. The fraction of sp³-hybridized carbons (Fsp3) is 0. The normalized spacial score (nSPS) is 11.6. The molecule has 0 aliphatic rings. The van der Waals surface area contributed by atoms with Crippen molar-refractivity contribution in [2.75, 3.05) is 0 Å². The largest absolute Gasteiger partial charge is 0.275 e. The standard InChI is InChI=1S/C14H10N2O3S/c17-14-12-8-4-5-9-13(12)15-10-16(14)20(18,19)11-6-2-1-3-7-11/h1-10H. The van der Waals surface area contributed by atoms with Gasteiger partial charge in [0.05, 0.1) is 15.8 Å². The van der Waals surface area contributed by atoms with Gasteiger partial charge in [-0.1, -0.05) is 30.3 Å². The van der Waals surface area contributed by atoms with Gasteiger partial charge in [-0.25, -0.2) is 13.4 Å². The molecule has 0 saturated heterocycles. The number of aromatic nitrogens is 2. The molecule has 0 unspecified atom stereocenters. The van der Waals surface area contributed by atoms with Crippen molar-refractivity contribution in [2.45, 2.75) is 4.90 Å². The Morgan fingerprint density at radius 2 is 1.55 bits per heavy atom. The lowest BCUT2D eigenvalue weighted by Gasteiger charge is -2.07. The SMILES string of the molecule is O=c1c2ccccc2ncn1S(=O)(=O)c1ccccc1. The molecular weight excluding hydrogens is 276 g/mol. The van der Waals surface area contributed by atoms with E-state index in [-0.39, 0.29) is 10.3 Å². The summed E-state index contributed by atoms with van der Waals surface area (Å²) in [6.07, 6.45) is 1.05. The van der Waals surface area contributed by atoms with Gasteiger partial charge in [0.2, 0.25) is 0 Å². The van der Waals surface area contributed by atoms with Crippen LogP contribution in [0.25, 0.3) is 10.9 Å². The predicted octanol–water partition coefficient (Wildman–Crippen LogP) is 1.63. The first-order valence-corrected chi connectivity index (χ1v) is 7.32. The second-order valence-corrected chi connectivity index (χ2v) is 6.00. The second kappa shape index (κ2) is 4.57. The van der Waals surface area contributed by atoms with Gasteiger partial charge in [-0.05, 0) is 24.3 Å². The molecule has 6 heteroatoms. The van der Waals surface area contributed by atoms with E-state index in [1.165, 1.54) is 12.1 Å². The molecule has 1 aromatic heterocycles. The molecule has 0 bridgehead atoms. The van der Waals surface area contributed by atoms with Gasteiger partial charge in [-0.3, -0.25) is 4.79 Å². The molecule has 0 spiro atoms. The van der Waals surface area contributed by atoms with Crippen LogP contribution in [0.1, 0.15) is 0 Å². The summed E-state index contributed by atoms with van der Waals surface area (Å²) in [5.74, 6) is 0. The summed E-state index contributed by atoms with van der Waals surface area (Å²) in [6.45, 7) is 0. The summed E-state index contributed by atoms with van der Waals surface area (Å²) in [6, 6.07) is 14.4. The Morgan fingerprint density at radius 3 is 2.30 bits per heavy atom. The zero-order valence-electron chi connectivity index (χ0n) is 10.3. The molecule has 5 nitrogen and oxygen atoms in total. The molecular formula is C14H10N2O3S. The summed E-state index contributed by atoms with van der Waals surface area (Å²) in [5.41, 5.74) is -0.128. The fourth-order valence-corrected chi connectivity index (χ4v) is 3.15. The van der Waals surface area contributed by atoms with E-state index in [2.05, 4.69) is 4.98 Å². The molecule has 20 heavy (non-hydrogen) atoms. The van der Waals surface area contributed by atoms with Crippen LogP contribution in [0.15, 0.2) is 70.6 Å². The van der Waals surface area contributed by atoms with Crippen LogP contribution in [0, 0.1) is 0 Å². The number of hydrogen-bond donors (Lipinski definition) is 0. The van der Waals surface area contributed by atoms with Crippen LogP contribution in [0.5, 0.6) is 0 Å². The van der Waals surface area contributed by atoms with Crippen molar-refractivity contribution < 1.29 is 8.42 Å². The maximum Gasteiger partial charge on any atom is 0.275 e. The van der Waals surface area contributed by atoms with Gasteiger partial charge in [0.25, 0.3) is 15.6 Å². The van der Waals surface area contributed by atoms with Crippen molar-refractivity contribution in [2.24, 2.45) is 0 Å². The molecule has 3 aromatic rings. The van der Waals surface area contributed by atoms with E-state index in [0.717, 1.165) is 6.33 Å². The van der Waals surface area contributed by atoms with Crippen molar-refractivity contribution in [3.05, 3.63) is 71.3 Å². The number of rotatable bonds is 2. The zero-order chi connectivity index (χ0) is 14.2. The Hall–Kier alpha value is -2.47. The minimum Gasteiger partial charge on any atom is -0.267 e. The molecule has 0 N–H and O–H groups in total. The molecule has 0 amide bonds. The molecule has 0 aliphatic heterocycles. The van der Waals surface area contributed by atoms with Crippen molar-refractivity contribution in [1.29, 1.82) is 0 Å². The van der Waals surface area contributed by atoms with Gasteiger partial charge in [-0.2, -0.15) is 3.97 Å². The Labute approximate surface area is 115 Å². The summed E-state index contributed by atoms with van der Waals surface area (Å²) in [5, 5.41) is 0.273. The van der Waals surface area contributed by atoms with Crippen LogP contribution in [0.3, 0.4) is 0 Å². The number of hydrogen-bond acceptors (Lipinski definition) is 4. The van der Waals surface area contributed by atoms with Crippen molar-refractivity contribution in [3.8, 4) is 0 Å². The number of nitrogens with zero attached hydrogens (tertiary/aromatic N) is 2. The maximum absolute atomic E-state index is 12.4. The lowest BCUT2D eigenvalue weighted by atomic mass is 10.2. The smallest absolute Gasteiger partial charge is 0.267 e. The lowest BCUT2D eigenvalue weighted by Crippen LogP contribution is -2.27. The third-order valence-corrected chi connectivity index (χ3v) is 4.58. The quantitative estimate of drug-likeness (QED) is 0.718. The fourth-order valence-electron chi connectivity index (χ4n) is 1.93. The first kappa shape index (κ1) is 12.6. The highest BCUT2D eigenvalue weighted by atomic mass is 32.2. The Bertz CT molecular complexity index is 931. The number of benzene rings is 2. The first-order valence-electron chi connectivity index (χ1n) is 5.88. The highest BCUT2D eigenvalue weighted by Gasteiger charge is 2.19. The molecule has 3 rings (SSSR count). The number of fused-ring (bicyclic) bond motifs is 1. The third kappa shape index (κ3) is 1.90. The molecule has 2 aromatic carbocycles. The van der Waals surface area contributed by atoms with E-state index in [1.807, 2.05) is 0 Å². The van der Waals surface area contributed by atoms with Gasteiger partial charge in [0.15, 0.2) is 0 Å². The summed E-state index contributed by atoms with van der Waals surface area (Å²) in [4.78, 5) is 16.4. The van der Waals surface area contributed by atoms with Gasteiger partial charge in [0, 0.05) is 0 Å². The average molecular weight is 286 g/mol. The molecule has 0 fully saturated rings. The van der Waals surface area contributed by atoms with Crippen LogP contribution in [-0.4, -0.2) is 17.4 Å². The molecule has 0 aliphatic carbocycles. The molecule has 0 radical (unpaired) electrons. The van der Waals surface area contributed by atoms with E-state index in [0.29, 0.717) is 9.49 Å². The molecule has 0 saturated carbocycles.